The molecule has 4 nitrogen and oxygen atoms in total. The molecule has 30 heavy (non-hydrogen) atoms. The van der Waals surface area contributed by atoms with Crippen molar-refractivity contribution in [3.8, 4) is 0 Å². The highest BCUT2D eigenvalue weighted by Crippen LogP contribution is 2.45. The van der Waals surface area contributed by atoms with Crippen molar-refractivity contribution in [2.75, 3.05) is 4.90 Å². The number of amides is 1. The quantitative estimate of drug-likeness (QED) is 0.499. The second-order valence-electron chi connectivity index (χ2n) is 7.11. The average molecular weight is 489 g/mol. The van der Waals surface area contributed by atoms with E-state index in [1.807, 2.05) is 6.07 Å². The van der Waals surface area contributed by atoms with Crippen molar-refractivity contribution in [2.24, 2.45) is 0 Å². The Bertz CT molecular complexity index is 1150. The second kappa shape index (κ2) is 7.95. The molecular weight excluding hydrogens is 473 g/mol. The van der Waals surface area contributed by atoms with Crippen LogP contribution < -0.4 is 4.90 Å². The summed E-state index contributed by atoms with van der Waals surface area (Å²) in [6, 6.07) is 17.3. The summed E-state index contributed by atoms with van der Waals surface area (Å²) in [6.07, 6.45) is -0.458. The first-order chi connectivity index (χ1) is 14.3. The molecule has 0 aliphatic carbocycles. The zero-order valence-corrected chi connectivity index (χ0v) is 18.0. The summed E-state index contributed by atoms with van der Waals surface area (Å²) in [5.74, 6) is -1.54. The average Bonchev–Trinajstić information content (AvgIpc) is 2.91. The summed E-state index contributed by atoms with van der Waals surface area (Å²) >= 11 is 9.62. The summed E-state index contributed by atoms with van der Waals surface area (Å²) < 4.78 is 13.9. The monoisotopic (exact) mass is 487 g/mol. The van der Waals surface area contributed by atoms with Gasteiger partial charge in [0.25, 0.3) is 5.91 Å². The normalized spacial score (nSPS) is 17.9. The number of hydrogen-bond donors (Lipinski definition) is 1. The van der Waals surface area contributed by atoms with Gasteiger partial charge in [-0.05, 0) is 54.1 Å². The minimum atomic E-state index is -2.04. The molecule has 3 aromatic carbocycles. The Kier molecular flexibility index (Phi) is 5.49. The molecule has 1 aliphatic rings. The number of aliphatic hydroxyl groups is 1. The van der Waals surface area contributed by atoms with Crippen LogP contribution in [0.5, 0.6) is 0 Å². The zero-order valence-electron chi connectivity index (χ0n) is 15.6. The van der Waals surface area contributed by atoms with Crippen LogP contribution in [0.15, 0.2) is 71.2 Å². The molecule has 0 aromatic heterocycles. The predicted octanol–water partition coefficient (Wildman–Crippen LogP) is 5.25. The minimum absolute atomic E-state index is 0.153. The molecule has 0 fully saturated rings. The van der Waals surface area contributed by atoms with Crippen LogP contribution >= 0.6 is 27.5 Å². The van der Waals surface area contributed by atoms with Crippen molar-refractivity contribution in [1.29, 1.82) is 0 Å². The Balaban J connectivity index is 1.72. The molecule has 152 valence electrons. The van der Waals surface area contributed by atoms with Gasteiger partial charge in [0.2, 0.25) is 0 Å². The molecule has 0 saturated heterocycles. The van der Waals surface area contributed by atoms with Gasteiger partial charge in [-0.2, -0.15) is 0 Å². The van der Waals surface area contributed by atoms with E-state index >= 15 is 0 Å². The predicted molar refractivity (Wildman–Crippen MR) is 116 cm³/mol. The van der Waals surface area contributed by atoms with E-state index in [1.54, 1.807) is 36.4 Å². The first-order valence-electron chi connectivity index (χ1n) is 9.16. The molecule has 1 atom stereocenters. The number of ketones is 1. The van der Waals surface area contributed by atoms with E-state index in [9.17, 15) is 19.1 Å². The molecular formula is C23H16BrClFNO3. The Morgan fingerprint density at radius 2 is 1.80 bits per heavy atom. The van der Waals surface area contributed by atoms with Crippen LogP contribution in [0.3, 0.4) is 0 Å². The molecule has 1 heterocycles. The number of carbonyl (C=O) groups excluding carboxylic acids is 2. The molecule has 1 unspecified atom stereocenters. The number of carbonyl (C=O) groups is 2. The van der Waals surface area contributed by atoms with Crippen LogP contribution in [0.4, 0.5) is 10.1 Å². The van der Waals surface area contributed by atoms with Gasteiger partial charge in [0, 0.05) is 20.6 Å². The molecule has 1 N–H and O–H groups in total. The van der Waals surface area contributed by atoms with Gasteiger partial charge in [-0.3, -0.25) is 9.59 Å². The number of fused-ring (bicyclic) bond motifs is 1. The van der Waals surface area contributed by atoms with E-state index < -0.39 is 29.5 Å². The van der Waals surface area contributed by atoms with Crippen LogP contribution in [-0.4, -0.2) is 16.8 Å². The van der Waals surface area contributed by atoms with Crippen molar-refractivity contribution in [1.82, 2.24) is 0 Å². The fourth-order valence-corrected chi connectivity index (χ4v) is 4.17. The third kappa shape index (κ3) is 3.67. The fraction of sp³-hybridized carbons (Fsp3) is 0.130. The maximum atomic E-state index is 13.3. The SMILES string of the molecule is O=C(CC1(O)C(=O)N(Cc2ccccc2Cl)c2ccc(Br)cc21)c1ccc(F)cc1. The molecule has 0 spiro atoms. The number of hydrogen-bond acceptors (Lipinski definition) is 3. The lowest BCUT2D eigenvalue weighted by atomic mass is 9.88. The standard InChI is InChI=1S/C23H16BrClFNO3/c24-16-7-10-20-18(11-16)23(30,12-21(28)14-5-8-17(26)9-6-14)22(29)27(20)13-15-3-1-2-4-19(15)25/h1-11,30H,12-13H2. The number of Topliss-reactive ketones (excluding diaryl/α,β-unsaturated/α-hetero) is 1. The molecule has 7 heteroatoms. The topological polar surface area (TPSA) is 57.6 Å². The fourth-order valence-electron chi connectivity index (χ4n) is 3.62. The molecule has 1 amide bonds. The highest BCUT2D eigenvalue weighted by molar-refractivity contribution is 9.10. The van der Waals surface area contributed by atoms with Gasteiger partial charge in [0.1, 0.15) is 5.82 Å². The van der Waals surface area contributed by atoms with Crippen LogP contribution in [0.2, 0.25) is 5.02 Å². The van der Waals surface area contributed by atoms with Gasteiger partial charge in [-0.1, -0.05) is 45.7 Å². The van der Waals surface area contributed by atoms with Gasteiger partial charge in [0.05, 0.1) is 18.7 Å². The zero-order chi connectivity index (χ0) is 21.5. The number of benzene rings is 3. The molecule has 4 rings (SSSR count). The number of rotatable bonds is 5. The van der Waals surface area contributed by atoms with Gasteiger partial charge in [0.15, 0.2) is 11.4 Å². The smallest absolute Gasteiger partial charge is 0.264 e. The first kappa shape index (κ1) is 20.7. The van der Waals surface area contributed by atoms with E-state index in [0.29, 0.717) is 20.7 Å². The summed E-state index contributed by atoms with van der Waals surface area (Å²) in [6.45, 7) is 0.153. The second-order valence-corrected chi connectivity index (χ2v) is 8.43. The molecule has 1 aliphatic heterocycles. The largest absolute Gasteiger partial charge is 0.375 e. The Hall–Kier alpha value is -2.54. The maximum absolute atomic E-state index is 13.3. The van der Waals surface area contributed by atoms with E-state index in [1.165, 1.54) is 29.2 Å². The highest BCUT2D eigenvalue weighted by Gasteiger charge is 2.51. The highest BCUT2D eigenvalue weighted by atomic mass is 79.9. The summed E-state index contributed by atoms with van der Waals surface area (Å²) in [7, 11) is 0. The lowest BCUT2D eigenvalue weighted by molar-refractivity contribution is -0.136. The van der Waals surface area contributed by atoms with Crippen LogP contribution in [0, 0.1) is 5.82 Å². The van der Waals surface area contributed by atoms with E-state index in [0.717, 1.165) is 5.56 Å². The molecule has 0 bridgehead atoms. The number of anilines is 1. The molecule has 0 radical (unpaired) electrons. The Labute approximate surface area is 186 Å². The molecule has 0 saturated carbocycles. The summed E-state index contributed by atoms with van der Waals surface area (Å²) in [4.78, 5) is 27.6. The number of nitrogens with zero attached hydrogens (tertiary/aromatic N) is 1. The van der Waals surface area contributed by atoms with Gasteiger partial charge in [-0.25, -0.2) is 4.39 Å². The van der Waals surface area contributed by atoms with Crippen molar-refractivity contribution in [3.63, 3.8) is 0 Å². The third-order valence-corrected chi connectivity index (χ3v) is 6.02. The minimum Gasteiger partial charge on any atom is -0.375 e. The van der Waals surface area contributed by atoms with E-state index in [2.05, 4.69) is 15.9 Å². The van der Waals surface area contributed by atoms with Crippen molar-refractivity contribution in [3.05, 3.63) is 98.7 Å². The van der Waals surface area contributed by atoms with E-state index in [-0.39, 0.29) is 12.1 Å². The maximum Gasteiger partial charge on any atom is 0.264 e. The van der Waals surface area contributed by atoms with Crippen molar-refractivity contribution in [2.45, 2.75) is 18.6 Å². The van der Waals surface area contributed by atoms with Crippen LogP contribution in [0.25, 0.3) is 0 Å². The summed E-state index contributed by atoms with van der Waals surface area (Å²) in [5, 5.41) is 11.9. The Morgan fingerprint density at radius 1 is 1.10 bits per heavy atom. The third-order valence-electron chi connectivity index (χ3n) is 5.16. The first-order valence-corrected chi connectivity index (χ1v) is 10.3. The molecule has 3 aromatic rings. The summed E-state index contributed by atoms with van der Waals surface area (Å²) in [5.41, 5.74) is -0.248. The van der Waals surface area contributed by atoms with Crippen LogP contribution in [0.1, 0.15) is 27.9 Å². The lowest BCUT2D eigenvalue weighted by Gasteiger charge is -2.23. The van der Waals surface area contributed by atoms with Crippen LogP contribution in [-0.2, 0) is 16.9 Å². The van der Waals surface area contributed by atoms with Gasteiger partial charge in [-0.15, -0.1) is 0 Å². The number of halogens is 3. The van der Waals surface area contributed by atoms with Crippen molar-refractivity contribution < 1.29 is 19.1 Å². The van der Waals surface area contributed by atoms with Gasteiger partial charge >= 0.3 is 0 Å². The van der Waals surface area contributed by atoms with Crippen molar-refractivity contribution >= 4 is 44.9 Å². The Morgan fingerprint density at radius 3 is 2.50 bits per heavy atom. The van der Waals surface area contributed by atoms with Gasteiger partial charge < -0.3 is 10.0 Å². The van der Waals surface area contributed by atoms with E-state index in [4.69, 9.17) is 11.6 Å². The lowest BCUT2D eigenvalue weighted by Crippen LogP contribution is -2.41.